The molecule has 0 saturated heterocycles. The molecule has 6 nitrogen and oxygen atoms in total. The molecule has 7 heteroatoms. The normalized spacial score (nSPS) is 10.6. The minimum atomic E-state index is -0.353. The number of nitrogens with zero attached hydrogens (tertiary/aromatic N) is 3. The minimum absolute atomic E-state index is 0.220. The Morgan fingerprint density at radius 3 is 2.56 bits per heavy atom. The van der Waals surface area contributed by atoms with Gasteiger partial charge in [0.2, 0.25) is 6.41 Å². The smallest absolute Gasteiger partial charge is 0.207 e. The summed E-state index contributed by atoms with van der Waals surface area (Å²) in [5.41, 5.74) is 4.15. The third kappa shape index (κ3) is 4.31. The quantitative estimate of drug-likeness (QED) is 0.490. The van der Waals surface area contributed by atoms with E-state index in [4.69, 9.17) is 4.74 Å². The lowest BCUT2D eigenvalue weighted by Gasteiger charge is -2.15. The van der Waals surface area contributed by atoms with Gasteiger partial charge in [0.05, 0.1) is 24.6 Å². The molecule has 140 valence electrons. The van der Waals surface area contributed by atoms with E-state index in [0.717, 1.165) is 22.4 Å². The van der Waals surface area contributed by atoms with Crippen LogP contribution in [0.5, 0.6) is 5.75 Å². The number of benzene rings is 2. The molecule has 0 aliphatic heterocycles. The number of aryl methyl sites for hydroxylation is 1. The summed E-state index contributed by atoms with van der Waals surface area (Å²) >= 11 is 0. The summed E-state index contributed by atoms with van der Waals surface area (Å²) in [6.45, 7) is 4.13. The molecule has 0 unspecified atom stereocenters. The van der Waals surface area contributed by atoms with E-state index in [1.807, 2.05) is 37.3 Å². The van der Waals surface area contributed by atoms with Crippen LogP contribution in [0.2, 0.25) is 0 Å². The van der Waals surface area contributed by atoms with E-state index in [-0.39, 0.29) is 18.2 Å². The van der Waals surface area contributed by atoms with Crippen LogP contribution in [0.4, 0.5) is 4.39 Å². The first kappa shape index (κ1) is 18.6. The highest BCUT2D eigenvalue weighted by molar-refractivity contribution is 5.46. The van der Waals surface area contributed by atoms with Crippen molar-refractivity contribution in [2.45, 2.75) is 20.3 Å². The average molecular weight is 368 g/mol. The van der Waals surface area contributed by atoms with Gasteiger partial charge in [-0.25, -0.2) is 4.39 Å². The van der Waals surface area contributed by atoms with Crippen LogP contribution in [0, 0.1) is 19.7 Å². The van der Waals surface area contributed by atoms with Crippen LogP contribution >= 0.6 is 0 Å². The molecule has 1 N–H and O–H groups in total. The minimum Gasteiger partial charge on any atom is -0.488 e. The van der Waals surface area contributed by atoms with Gasteiger partial charge in [-0.3, -0.25) is 4.79 Å². The first-order valence-corrected chi connectivity index (χ1v) is 8.64. The second-order valence-corrected chi connectivity index (χ2v) is 6.20. The Kier molecular flexibility index (Phi) is 5.80. The number of aromatic nitrogens is 3. The summed E-state index contributed by atoms with van der Waals surface area (Å²) in [5.74, 6) is -0.113. The van der Waals surface area contributed by atoms with E-state index in [0.29, 0.717) is 24.9 Å². The van der Waals surface area contributed by atoms with E-state index in [9.17, 15) is 9.18 Å². The molecule has 0 spiro atoms. The van der Waals surface area contributed by atoms with Crippen molar-refractivity contribution in [3.63, 3.8) is 0 Å². The number of amides is 1. The number of nitrogens with one attached hydrogen (secondary N) is 1. The molecule has 0 atom stereocenters. The van der Waals surface area contributed by atoms with Crippen molar-refractivity contribution in [2.75, 3.05) is 13.2 Å². The van der Waals surface area contributed by atoms with E-state index in [1.54, 1.807) is 24.1 Å². The fourth-order valence-corrected chi connectivity index (χ4v) is 2.87. The maximum Gasteiger partial charge on any atom is 0.207 e. The molecule has 3 rings (SSSR count). The van der Waals surface area contributed by atoms with Gasteiger partial charge in [-0.05, 0) is 54.7 Å². The predicted octanol–water partition coefficient (Wildman–Crippen LogP) is 2.74. The molecule has 0 aliphatic rings. The van der Waals surface area contributed by atoms with Crippen molar-refractivity contribution in [1.29, 1.82) is 0 Å². The fraction of sp³-hybridized carbons (Fsp3) is 0.250. The number of ether oxygens (including phenoxy) is 1. The molecular weight excluding hydrogens is 347 g/mol. The monoisotopic (exact) mass is 368 g/mol. The van der Waals surface area contributed by atoms with E-state index in [2.05, 4.69) is 15.5 Å². The Labute approximate surface area is 157 Å². The number of hydrogen-bond donors (Lipinski definition) is 1. The van der Waals surface area contributed by atoms with Crippen molar-refractivity contribution in [2.24, 2.45) is 0 Å². The van der Waals surface area contributed by atoms with Crippen LogP contribution in [-0.2, 0) is 11.2 Å². The van der Waals surface area contributed by atoms with Crippen molar-refractivity contribution < 1.29 is 13.9 Å². The standard InChI is InChI=1S/C20H21FN4O2/c1-14-11-17(15(2)19(21)20(14)27-10-9-22-13-26)12-16-3-5-18(6-4-16)25-23-7-8-24-25/h3-8,11,13H,9-10,12H2,1-2H3,(H,22,26). The molecule has 0 saturated carbocycles. The van der Waals surface area contributed by atoms with Gasteiger partial charge in [-0.15, -0.1) is 0 Å². The molecule has 1 heterocycles. The highest BCUT2D eigenvalue weighted by atomic mass is 19.1. The zero-order valence-electron chi connectivity index (χ0n) is 15.3. The summed E-state index contributed by atoms with van der Waals surface area (Å²) in [5, 5.41) is 10.7. The number of halogens is 1. The topological polar surface area (TPSA) is 69.0 Å². The summed E-state index contributed by atoms with van der Waals surface area (Å²) in [6, 6.07) is 9.79. The Balaban J connectivity index is 1.76. The van der Waals surface area contributed by atoms with E-state index < -0.39 is 0 Å². The van der Waals surface area contributed by atoms with Gasteiger partial charge in [-0.2, -0.15) is 15.0 Å². The summed E-state index contributed by atoms with van der Waals surface area (Å²) in [6.07, 6.45) is 4.46. The lowest BCUT2D eigenvalue weighted by atomic mass is 9.97. The van der Waals surface area contributed by atoms with Gasteiger partial charge in [0.25, 0.3) is 0 Å². The van der Waals surface area contributed by atoms with Crippen LogP contribution in [0.1, 0.15) is 22.3 Å². The Bertz CT molecular complexity index is 909. The van der Waals surface area contributed by atoms with Gasteiger partial charge in [0.1, 0.15) is 6.61 Å². The van der Waals surface area contributed by atoms with Crippen LogP contribution in [0.15, 0.2) is 42.7 Å². The second-order valence-electron chi connectivity index (χ2n) is 6.20. The Hall–Kier alpha value is -3.22. The zero-order valence-corrected chi connectivity index (χ0v) is 15.3. The largest absolute Gasteiger partial charge is 0.488 e. The molecule has 27 heavy (non-hydrogen) atoms. The number of carbonyl (C=O) groups excluding carboxylic acids is 1. The third-order valence-corrected chi connectivity index (χ3v) is 4.32. The molecule has 0 bridgehead atoms. The second kappa shape index (κ2) is 8.44. The van der Waals surface area contributed by atoms with Crippen LogP contribution < -0.4 is 10.1 Å². The van der Waals surface area contributed by atoms with E-state index in [1.165, 1.54) is 0 Å². The van der Waals surface area contributed by atoms with Gasteiger partial charge < -0.3 is 10.1 Å². The molecule has 3 aromatic rings. The van der Waals surface area contributed by atoms with E-state index >= 15 is 0 Å². The maximum absolute atomic E-state index is 14.8. The van der Waals surface area contributed by atoms with Gasteiger partial charge in [0, 0.05) is 0 Å². The number of rotatable bonds is 8. The highest BCUT2D eigenvalue weighted by Gasteiger charge is 2.15. The molecule has 1 amide bonds. The van der Waals surface area contributed by atoms with Gasteiger partial charge in [0.15, 0.2) is 11.6 Å². The Morgan fingerprint density at radius 1 is 1.19 bits per heavy atom. The molecule has 0 aliphatic carbocycles. The Morgan fingerprint density at radius 2 is 1.89 bits per heavy atom. The third-order valence-electron chi connectivity index (χ3n) is 4.32. The van der Waals surface area contributed by atoms with Crippen LogP contribution in [-0.4, -0.2) is 34.6 Å². The molecule has 0 fully saturated rings. The lowest BCUT2D eigenvalue weighted by molar-refractivity contribution is -0.109. The molecule has 2 aromatic carbocycles. The number of hydrogen-bond acceptors (Lipinski definition) is 4. The predicted molar refractivity (Wildman–Crippen MR) is 99.6 cm³/mol. The highest BCUT2D eigenvalue weighted by Crippen LogP contribution is 2.29. The fourth-order valence-electron chi connectivity index (χ4n) is 2.87. The van der Waals surface area contributed by atoms with Crippen molar-refractivity contribution in [3.8, 4) is 11.4 Å². The molecular formula is C20H21FN4O2. The van der Waals surface area contributed by atoms with Gasteiger partial charge in [-0.1, -0.05) is 18.2 Å². The summed E-state index contributed by atoms with van der Waals surface area (Å²) in [7, 11) is 0. The molecule has 0 radical (unpaired) electrons. The van der Waals surface area contributed by atoms with Crippen molar-refractivity contribution in [3.05, 3.63) is 70.8 Å². The SMILES string of the molecule is Cc1cc(Cc2ccc(-n3nccn3)cc2)c(C)c(F)c1OCCNC=O. The van der Waals surface area contributed by atoms with Crippen LogP contribution in [0.3, 0.4) is 0 Å². The first-order chi connectivity index (χ1) is 13.1. The summed E-state index contributed by atoms with van der Waals surface area (Å²) < 4.78 is 20.2. The zero-order chi connectivity index (χ0) is 19.2. The molecule has 1 aromatic heterocycles. The summed E-state index contributed by atoms with van der Waals surface area (Å²) in [4.78, 5) is 11.8. The number of carbonyl (C=O) groups is 1. The van der Waals surface area contributed by atoms with Gasteiger partial charge >= 0.3 is 0 Å². The average Bonchev–Trinajstić information content (AvgIpc) is 3.21. The maximum atomic E-state index is 14.8. The van der Waals surface area contributed by atoms with Crippen molar-refractivity contribution in [1.82, 2.24) is 20.3 Å². The van der Waals surface area contributed by atoms with Crippen LogP contribution in [0.25, 0.3) is 5.69 Å². The van der Waals surface area contributed by atoms with Crippen molar-refractivity contribution >= 4 is 6.41 Å². The first-order valence-electron chi connectivity index (χ1n) is 8.64. The lowest BCUT2D eigenvalue weighted by Crippen LogP contribution is -2.19.